The highest BCUT2D eigenvalue weighted by Crippen LogP contribution is 2.46. The van der Waals surface area contributed by atoms with Crippen LogP contribution in [0, 0.1) is 17.3 Å². The maximum absolute atomic E-state index is 14.4. The molecular weight excluding hydrogens is 1440 g/mol. The number of amides is 3. The Bertz CT molecular complexity index is 2160. The quantitative estimate of drug-likeness (QED) is 0.0290. The van der Waals surface area contributed by atoms with Gasteiger partial charge in [-0.3, -0.25) is 43.2 Å². The van der Waals surface area contributed by atoms with Crippen molar-refractivity contribution in [3.05, 3.63) is 0 Å². The van der Waals surface area contributed by atoms with E-state index in [9.17, 15) is 43.2 Å². The molecule has 1 aliphatic carbocycles. The van der Waals surface area contributed by atoms with E-state index in [1.807, 2.05) is 0 Å². The monoisotopic (exact) mass is 1620 g/mol. The van der Waals surface area contributed by atoms with Crippen LogP contribution in [0.15, 0.2) is 0 Å². The largest absolute Gasteiger partial charge is 0.466 e. The summed E-state index contributed by atoms with van der Waals surface area (Å²) in [5.74, 6) is -2.61. The average Bonchev–Trinajstić information content (AvgIpc) is 0.783. The van der Waals surface area contributed by atoms with Crippen LogP contribution in [0.25, 0.3) is 0 Å². The molecular formula is C93H174N6O15. The van der Waals surface area contributed by atoms with Crippen molar-refractivity contribution in [3.8, 4) is 0 Å². The molecule has 0 aromatic rings. The number of nitrogens with one attached hydrogen (secondary N) is 2. The topological polar surface area (TPSA) is 269 Å². The highest BCUT2D eigenvalue weighted by molar-refractivity contribution is 5.87. The van der Waals surface area contributed by atoms with E-state index in [4.69, 9.17) is 34.2 Å². The first-order valence-electron chi connectivity index (χ1n) is 47.5. The molecule has 0 aromatic heterocycles. The third kappa shape index (κ3) is 64.2. The van der Waals surface area contributed by atoms with Gasteiger partial charge in [-0.2, -0.15) is 0 Å². The molecule has 21 nitrogen and oxygen atoms in total. The maximum Gasteiger partial charge on any atom is 0.305 e. The summed E-state index contributed by atoms with van der Waals surface area (Å²) in [4.78, 5) is 125. The summed E-state index contributed by atoms with van der Waals surface area (Å²) in [5.41, 5.74) is 5.44. The highest BCUT2D eigenvalue weighted by Gasteiger charge is 2.48. The fraction of sp³-hybridized carbons (Fsp3) is 0.903. The Morgan fingerprint density at radius 3 is 0.693 bits per heavy atom. The molecule has 114 heavy (non-hydrogen) atoms. The number of hydrogen-bond donors (Lipinski definition) is 3. The van der Waals surface area contributed by atoms with Gasteiger partial charge in [0.25, 0.3) is 0 Å². The minimum atomic E-state index is -1.03. The van der Waals surface area contributed by atoms with E-state index in [1.54, 1.807) is 0 Å². The van der Waals surface area contributed by atoms with Gasteiger partial charge in [-0.1, -0.05) is 202 Å². The first kappa shape index (κ1) is 107. The zero-order valence-corrected chi connectivity index (χ0v) is 74.2. The molecule has 2 atom stereocenters. The van der Waals surface area contributed by atoms with E-state index in [0.29, 0.717) is 117 Å². The summed E-state index contributed by atoms with van der Waals surface area (Å²) in [7, 11) is 0. The van der Waals surface area contributed by atoms with Crippen LogP contribution in [0.2, 0.25) is 0 Å². The third-order valence-electron chi connectivity index (χ3n) is 22.6. The summed E-state index contributed by atoms with van der Waals surface area (Å²) >= 11 is 0. The maximum atomic E-state index is 14.4. The number of rotatable bonds is 84. The van der Waals surface area contributed by atoms with Crippen molar-refractivity contribution in [2.75, 3.05) is 112 Å². The molecule has 1 fully saturated rings. The Balaban J connectivity index is 3.16. The van der Waals surface area contributed by atoms with Crippen LogP contribution in [-0.4, -0.2) is 180 Å². The number of primary amides is 1. The minimum Gasteiger partial charge on any atom is -0.466 e. The molecule has 0 bridgehead atoms. The summed E-state index contributed by atoms with van der Waals surface area (Å²) in [6, 6.07) is 0. The third-order valence-corrected chi connectivity index (χ3v) is 22.6. The fourth-order valence-corrected chi connectivity index (χ4v) is 15.3. The zero-order valence-electron chi connectivity index (χ0n) is 74.2. The lowest BCUT2D eigenvalue weighted by Gasteiger charge is -2.41. The van der Waals surface area contributed by atoms with Gasteiger partial charge in [0, 0.05) is 63.5 Å². The van der Waals surface area contributed by atoms with E-state index >= 15 is 0 Å². The first-order valence-corrected chi connectivity index (χ1v) is 47.5. The number of carbonyl (C=O) groups is 9. The second-order valence-electron chi connectivity index (χ2n) is 33.2. The van der Waals surface area contributed by atoms with Crippen molar-refractivity contribution in [3.63, 3.8) is 0 Å². The van der Waals surface area contributed by atoms with Crippen molar-refractivity contribution < 1.29 is 71.6 Å². The van der Waals surface area contributed by atoms with Gasteiger partial charge in [-0.15, -0.1) is 0 Å². The number of hydrogen-bond acceptors (Lipinski definition) is 18. The minimum absolute atomic E-state index is 0.126. The SMILES string of the molecule is CCCCCCOC(=O)CCCCN(CCCCCCNC(=O)C1CC(C(=O)NCCCCCCN(CCCCC(=O)OCCCCCC)CCCCC(=O)OCCCCCC)CC(CCCCCCN(CCCCC(=O)OCCCCCC)CCCCC(=O)OCCCCCC)(C(N)=O)C1)CCCCC(=O)OCCCCCC. The molecule has 2 unspecified atom stereocenters. The van der Waals surface area contributed by atoms with Crippen LogP contribution in [0.5, 0.6) is 0 Å². The molecule has 21 heteroatoms. The number of esters is 6. The number of nitrogens with zero attached hydrogens (tertiary/aromatic N) is 3. The Morgan fingerprint density at radius 2 is 0.474 bits per heavy atom. The van der Waals surface area contributed by atoms with Crippen LogP contribution in [0.3, 0.4) is 0 Å². The van der Waals surface area contributed by atoms with Crippen LogP contribution < -0.4 is 16.4 Å². The number of ether oxygens (including phenoxy) is 6. The molecule has 0 spiro atoms. The summed E-state index contributed by atoms with van der Waals surface area (Å²) in [5, 5.41) is 6.46. The van der Waals surface area contributed by atoms with Gasteiger partial charge in [0.15, 0.2) is 0 Å². The molecule has 0 heterocycles. The second-order valence-corrected chi connectivity index (χ2v) is 33.2. The lowest BCUT2D eigenvalue weighted by Crippen LogP contribution is -2.50. The smallest absolute Gasteiger partial charge is 0.305 e. The van der Waals surface area contributed by atoms with E-state index in [2.05, 4.69) is 66.9 Å². The van der Waals surface area contributed by atoms with Crippen LogP contribution in [0.4, 0.5) is 0 Å². The van der Waals surface area contributed by atoms with Gasteiger partial charge in [0.1, 0.15) is 0 Å². The first-order chi connectivity index (χ1) is 55.6. The molecule has 0 aliphatic heterocycles. The lowest BCUT2D eigenvalue weighted by atomic mass is 9.62. The molecule has 666 valence electrons. The van der Waals surface area contributed by atoms with Crippen LogP contribution in [0.1, 0.15) is 414 Å². The Morgan fingerprint density at radius 1 is 0.272 bits per heavy atom. The lowest BCUT2D eigenvalue weighted by molar-refractivity contribution is -0.144. The van der Waals surface area contributed by atoms with Gasteiger partial charge >= 0.3 is 35.8 Å². The zero-order chi connectivity index (χ0) is 83.3. The predicted octanol–water partition coefficient (Wildman–Crippen LogP) is 19.8. The molecule has 0 saturated heterocycles. The second kappa shape index (κ2) is 78.0. The van der Waals surface area contributed by atoms with Crippen molar-refractivity contribution >= 4 is 53.5 Å². The van der Waals surface area contributed by atoms with Crippen molar-refractivity contribution in [2.45, 2.75) is 414 Å². The molecule has 1 aliphatic rings. The van der Waals surface area contributed by atoms with Gasteiger partial charge in [0.2, 0.25) is 17.7 Å². The van der Waals surface area contributed by atoms with Gasteiger partial charge in [-0.05, 0) is 232 Å². The molecule has 0 radical (unpaired) electrons. The standard InChI is InChI=1S/C93H174N6O15/c1-7-13-19-49-73-109-84(100)55-31-43-67-97(68-44-32-56-85(101)110-74-50-20-14-8-2)64-40-28-25-37-61-93(92(94)108)80-82(90(106)95-62-38-26-29-41-65-98(69-45-33-57-86(102)111-75-51-21-15-9-3)70-46-34-58-87(103)112-76-52-22-16-10-4)79-83(81-93)91(107)96-63-39-27-30-42-66-99(71-47-35-59-88(104)113-77-53-23-17-11-5)72-48-36-60-89(105)114-78-54-24-18-12-6/h82-83H,7-81H2,1-6H3,(H2,94,108)(H,95,106)(H,96,107). The highest BCUT2D eigenvalue weighted by atomic mass is 16.6. The molecule has 1 rings (SSSR count). The predicted molar refractivity (Wildman–Crippen MR) is 462 cm³/mol. The van der Waals surface area contributed by atoms with E-state index < -0.39 is 23.2 Å². The fourth-order valence-electron chi connectivity index (χ4n) is 15.3. The summed E-state index contributed by atoms with van der Waals surface area (Å²) in [6.07, 6.45) is 50.1. The molecule has 4 N–H and O–H groups in total. The van der Waals surface area contributed by atoms with E-state index in [0.717, 1.165) is 367 Å². The molecule has 0 aromatic carbocycles. The molecule has 3 amide bonds. The summed E-state index contributed by atoms with van der Waals surface area (Å²) in [6.45, 7) is 24.7. The van der Waals surface area contributed by atoms with Crippen LogP contribution in [-0.2, 0) is 71.6 Å². The van der Waals surface area contributed by atoms with E-state index in [1.165, 1.54) is 0 Å². The summed E-state index contributed by atoms with van der Waals surface area (Å²) < 4.78 is 33.0. The number of nitrogens with two attached hydrogens (primary N) is 1. The van der Waals surface area contributed by atoms with Crippen molar-refractivity contribution in [1.82, 2.24) is 25.3 Å². The Hall–Kier alpha value is -4.89. The Labute approximate surface area is 695 Å². The van der Waals surface area contributed by atoms with Crippen molar-refractivity contribution in [1.29, 1.82) is 0 Å². The van der Waals surface area contributed by atoms with Gasteiger partial charge in [0.05, 0.1) is 45.1 Å². The van der Waals surface area contributed by atoms with Crippen LogP contribution >= 0.6 is 0 Å². The normalized spacial score (nSPS) is 14.8. The molecule has 1 saturated carbocycles. The Kier molecular flexibility index (Phi) is 73.3. The van der Waals surface area contributed by atoms with Gasteiger partial charge in [-0.25, -0.2) is 0 Å². The van der Waals surface area contributed by atoms with Gasteiger partial charge < -0.3 is 59.5 Å². The average molecular weight is 1620 g/mol. The van der Waals surface area contributed by atoms with E-state index in [-0.39, 0.29) is 47.6 Å². The number of carbonyl (C=O) groups excluding carboxylic acids is 9. The number of unbranched alkanes of at least 4 members (excludes halogenated alkanes) is 33. The van der Waals surface area contributed by atoms with Crippen molar-refractivity contribution in [2.24, 2.45) is 23.0 Å².